The van der Waals surface area contributed by atoms with Crippen molar-refractivity contribution >= 4 is 29.9 Å². The van der Waals surface area contributed by atoms with Gasteiger partial charge in [-0.2, -0.15) is 0 Å². The van der Waals surface area contributed by atoms with Gasteiger partial charge >= 0.3 is 0 Å². The van der Waals surface area contributed by atoms with Crippen molar-refractivity contribution in [2.45, 2.75) is 53.0 Å². The minimum Gasteiger partial charge on any atom is -0.370 e. The zero-order chi connectivity index (χ0) is 16.4. The van der Waals surface area contributed by atoms with Crippen LogP contribution in [0.5, 0.6) is 0 Å². The van der Waals surface area contributed by atoms with E-state index in [1.54, 1.807) is 0 Å². The van der Waals surface area contributed by atoms with Gasteiger partial charge in [0, 0.05) is 38.8 Å². The first-order valence-electron chi connectivity index (χ1n) is 9.02. The zero-order valence-corrected chi connectivity index (χ0v) is 17.9. The highest BCUT2D eigenvalue weighted by molar-refractivity contribution is 14.0. The van der Waals surface area contributed by atoms with Crippen LogP contribution in [-0.4, -0.2) is 67.6 Å². The number of aliphatic imine (C=N–C) groups is 1. The van der Waals surface area contributed by atoms with E-state index < -0.39 is 0 Å². The van der Waals surface area contributed by atoms with Crippen molar-refractivity contribution in [3.63, 3.8) is 0 Å². The van der Waals surface area contributed by atoms with Crippen LogP contribution in [0.2, 0.25) is 0 Å². The number of rotatable bonds is 9. The fraction of sp³-hybridized carbons (Fsp3) is 0.941. The Balaban J connectivity index is 0.00000484. The van der Waals surface area contributed by atoms with E-state index in [-0.39, 0.29) is 24.0 Å². The molecule has 0 radical (unpaired) electrons. The van der Waals surface area contributed by atoms with Gasteiger partial charge in [0.25, 0.3) is 0 Å². The van der Waals surface area contributed by atoms with Crippen molar-refractivity contribution in [2.75, 3.05) is 45.8 Å². The molecule has 0 bridgehead atoms. The quantitative estimate of drug-likeness (QED) is 0.329. The molecule has 0 aromatic carbocycles. The molecule has 1 aliphatic rings. The minimum absolute atomic E-state index is 0. The van der Waals surface area contributed by atoms with Crippen LogP contribution >= 0.6 is 24.0 Å². The van der Waals surface area contributed by atoms with E-state index in [2.05, 4.69) is 47.8 Å². The van der Waals surface area contributed by atoms with Gasteiger partial charge in [0.1, 0.15) is 0 Å². The normalized spacial score (nSPS) is 18.7. The molecule has 1 aliphatic heterocycles. The van der Waals surface area contributed by atoms with E-state index in [0.717, 1.165) is 45.1 Å². The smallest absolute Gasteiger partial charge is 0.188 e. The standard InChI is InChI=1S/C17H37N5.HI/c1-5-21-11-13-22(14-12-21)10-9-19-17(18)20-16(4)8-6-7-15(2)3;/h15-16H,5-14H2,1-4H3,(H3,18,19,20);1H. The Labute approximate surface area is 160 Å². The summed E-state index contributed by atoms with van der Waals surface area (Å²) in [7, 11) is 0. The second-order valence-corrected chi connectivity index (χ2v) is 6.91. The van der Waals surface area contributed by atoms with Gasteiger partial charge in [-0.05, 0) is 25.8 Å². The SMILES string of the molecule is CCN1CCN(CCN=C(N)NC(C)CCCC(C)C)CC1.I. The molecular formula is C17H38IN5. The fourth-order valence-corrected chi connectivity index (χ4v) is 2.84. The average molecular weight is 439 g/mol. The second-order valence-electron chi connectivity index (χ2n) is 6.91. The Hall–Kier alpha value is -0.0800. The first-order valence-corrected chi connectivity index (χ1v) is 9.02. The van der Waals surface area contributed by atoms with Gasteiger partial charge < -0.3 is 16.0 Å². The molecule has 1 heterocycles. The van der Waals surface area contributed by atoms with Crippen LogP contribution in [-0.2, 0) is 0 Å². The molecule has 23 heavy (non-hydrogen) atoms. The van der Waals surface area contributed by atoms with E-state index in [0.29, 0.717) is 12.0 Å². The Morgan fingerprint density at radius 3 is 2.26 bits per heavy atom. The maximum Gasteiger partial charge on any atom is 0.188 e. The third-order valence-electron chi connectivity index (χ3n) is 4.42. The van der Waals surface area contributed by atoms with Crippen molar-refractivity contribution in [3.05, 3.63) is 0 Å². The van der Waals surface area contributed by atoms with Crippen molar-refractivity contribution in [1.82, 2.24) is 15.1 Å². The minimum atomic E-state index is 0. The monoisotopic (exact) mass is 439 g/mol. The summed E-state index contributed by atoms with van der Waals surface area (Å²) in [6.45, 7) is 16.6. The third-order valence-corrected chi connectivity index (χ3v) is 4.42. The van der Waals surface area contributed by atoms with Crippen LogP contribution in [0.3, 0.4) is 0 Å². The van der Waals surface area contributed by atoms with Crippen LogP contribution < -0.4 is 11.1 Å². The largest absolute Gasteiger partial charge is 0.370 e. The molecule has 1 saturated heterocycles. The Morgan fingerprint density at radius 1 is 1.09 bits per heavy atom. The lowest BCUT2D eigenvalue weighted by atomic mass is 10.0. The van der Waals surface area contributed by atoms with Gasteiger partial charge in [-0.3, -0.25) is 9.89 Å². The van der Waals surface area contributed by atoms with Gasteiger partial charge in [-0.25, -0.2) is 0 Å². The molecule has 0 spiro atoms. The number of nitrogens with one attached hydrogen (secondary N) is 1. The summed E-state index contributed by atoms with van der Waals surface area (Å²) < 4.78 is 0. The molecule has 5 nitrogen and oxygen atoms in total. The highest BCUT2D eigenvalue weighted by atomic mass is 127. The predicted octanol–water partition coefficient (Wildman–Crippen LogP) is 2.36. The van der Waals surface area contributed by atoms with E-state index in [4.69, 9.17) is 5.73 Å². The van der Waals surface area contributed by atoms with Crippen molar-refractivity contribution in [3.8, 4) is 0 Å². The van der Waals surface area contributed by atoms with Crippen LogP contribution in [0, 0.1) is 5.92 Å². The number of hydrogen-bond acceptors (Lipinski definition) is 3. The van der Waals surface area contributed by atoms with Crippen LogP contribution in [0.4, 0.5) is 0 Å². The Bertz CT molecular complexity index is 314. The molecule has 138 valence electrons. The van der Waals surface area contributed by atoms with E-state index >= 15 is 0 Å². The van der Waals surface area contributed by atoms with Gasteiger partial charge in [-0.15, -0.1) is 24.0 Å². The van der Waals surface area contributed by atoms with Crippen molar-refractivity contribution in [2.24, 2.45) is 16.6 Å². The molecule has 1 atom stereocenters. The van der Waals surface area contributed by atoms with Crippen molar-refractivity contribution < 1.29 is 0 Å². The molecule has 0 aromatic heterocycles. The molecule has 1 unspecified atom stereocenters. The summed E-state index contributed by atoms with van der Waals surface area (Å²) in [4.78, 5) is 9.44. The summed E-state index contributed by atoms with van der Waals surface area (Å²) in [6.07, 6.45) is 3.70. The molecule has 0 aromatic rings. The highest BCUT2D eigenvalue weighted by Crippen LogP contribution is 2.08. The number of hydrogen-bond donors (Lipinski definition) is 2. The zero-order valence-electron chi connectivity index (χ0n) is 15.6. The predicted molar refractivity (Wildman–Crippen MR) is 112 cm³/mol. The fourth-order valence-electron chi connectivity index (χ4n) is 2.84. The topological polar surface area (TPSA) is 56.9 Å². The second kappa shape index (κ2) is 13.2. The van der Waals surface area contributed by atoms with Gasteiger partial charge in [0.05, 0.1) is 6.54 Å². The highest BCUT2D eigenvalue weighted by Gasteiger charge is 2.14. The summed E-state index contributed by atoms with van der Waals surface area (Å²) in [5.41, 5.74) is 5.98. The Kier molecular flexibility index (Phi) is 13.2. The molecule has 1 fully saturated rings. The summed E-state index contributed by atoms with van der Waals surface area (Å²) >= 11 is 0. The first-order chi connectivity index (χ1) is 10.5. The van der Waals surface area contributed by atoms with Gasteiger partial charge in [-0.1, -0.05) is 33.6 Å². The number of nitrogens with two attached hydrogens (primary N) is 1. The maximum absolute atomic E-state index is 5.98. The lowest BCUT2D eigenvalue weighted by Gasteiger charge is -2.33. The Morgan fingerprint density at radius 2 is 1.70 bits per heavy atom. The van der Waals surface area contributed by atoms with Crippen LogP contribution in [0.15, 0.2) is 4.99 Å². The summed E-state index contributed by atoms with van der Waals surface area (Å²) in [5.74, 6) is 1.38. The molecule has 1 rings (SSSR count). The van der Waals surface area contributed by atoms with Crippen LogP contribution in [0.1, 0.15) is 47.0 Å². The van der Waals surface area contributed by atoms with Gasteiger partial charge in [0.15, 0.2) is 5.96 Å². The average Bonchev–Trinajstić information content (AvgIpc) is 2.47. The third kappa shape index (κ3) is 11.2. The number of nitrogens with zero attached hydrogens (tertiary/aromatic N) is 3. The molecule has 3 N–H and O–H groups in total. The lowest BCUT2D eigenvalue weighted by Crippen LogP contribution is -2.47. The number of likely N-dealkylation sites (N-methyl/N-ethyl adjacent to an activating group) is 1. The maximum atomic E-state index is 5.98. The summed E-state index contributed by atoms with van der Waals surface area (Å²) in [6, 6.07) is 0.413. The summed E-state index contributed by atoms with van der Waals surface area (Å²) in [5, 5.41) is 3.31. The molecule has 0 saturated carbocycles. The number of guanidine groups is 1. The van der Waals surface area contributed by atoms with Crippen LogP contribution in [0.25, 0.3) is 0 Å². The van der Waals surface area contributed by atoms with Gasteiger partial charge in [0.2, 0.25) is 0 Å². The van der Waals surface area contributed by atoms with E-state index in [1.165, 1.54) is 25.9 Å². The molecule has 0 aliphatic carbocycles. The molecule has 0 amide bonds. The van der Waals surface area contributed by atoms with E-state index in [9.17, 15) is 0 Å². The van der Waals surface area contributed by atoms with E-state index in [1.807, 2.05) is 0 Å². The lowest BCUT2D eigenvalue weighted by molar-refractivity contribution is 0.140. The van der Waals surface area contributed by atoms with Crippen molar-refractivity contribution in [1.29, 1.82) is 0 Å². The number of halogens is 1. The number of piperazine rings is 1. The molecular weight excluding hydrogens is 401 g/mol. The first kappa shape index (κ1) is 22.9. The molecule has 6 heteroatoms.